The van der Waals surface area contributed by atoms with E-state index in [1.807, 2.05) is 24.3 Å². The molecule has 1 amide bonds. The van der Waals surface area contributed by atoms with Crippen LogP contribution in [0.1, 0.15) is 18.1 Å². The molecule has 1 aliphatic rings. The molecule has 0 aliphatic carbocycles. The Kier molecular flexibility index (Phi) is 4.96. The van der Waals surface area contributed by atoms with Crippen molar-refractivity contribution in [3.8, 4) is 0 Å². The van der Waals surface area contributed by atoms with E-state index in [0.717, 1.165) is 12.1 Å². The molecule has 1 fully saturated rings. The van der Waals surface area contributed by atoms with Gasteiger partial charge in [-0.1, -0.05) is 55.2 Å². The van der Waals surface area contributed by atoms with Crippen molar-refractivity contribution < 1.29 is 9.72 Å². The maximum Gasteiger partial charge on any atom is 0.270 e. The van der Waals surface area contributed by atoms with Crippen molar-refractivity contribution in [2.24, 2.45) is 0 Å². The Hall–Kier alpha value is -2.51. The van der Waals surface area contributed by atoms with Crippen molar-refractivity contribution >= 4 is 51.7 Å². The van der Waals surface area contributed by atoms with E-state index in [2.05, 4.69) is 6.92 Å². The molecular formula is C18H14N2O3S2. The van der Waals surface area contributed by atoms with Crippen LogP contribution in [-0.4, -0.2) is 15.2 Å². The van der Waals surface area contributed by atoms with Gasteiger partial charge in [-0.25, -0.2) is 0 Å². The molecule has 126 valence electrons. The summed E-state index contributed by atoms with van der Waals surface area (Å²) in [5.41, 5.74) is 2.49. The lowest BCUT2D eigenvalue weighted by molar-refractivity contribution is -0.384. The number of anilines is 1. The molecule has 0 aromatic heterocycles. The molecule has 7 heteroatoms. The molecular weight excluding hydrogens is 356 g/mol. The Morgan fingerprint density at radius 3 is 2.60 bits per heavy atom. The first-order valence-corrected chi connectivity index (χ1v) is 8.83. The van der Waals surface area contributed by atoms with Crippen LogP contribution in [-0.2, 0) is 11.2 Å². The molecule has 2 aromatic rings. The van der Waals surface area contributed by atoms with E-state index in [4.69, 9.17) is 12.2 Å². The minimum atomic E-state index is -0.460. The molecule has 0 bridgehead atoms. The second-order valence-corrected chi connectivity index (χ2v) is 7.06. The highest BCUT2D eigenvalue weighted by Crippen LogP contribution is 2.36. The van der Waals surface area contributed by atoms with Crippen molar-refractivity contribution in [3.05, 3.63) is 74.7 Å². The number of thioether (sulfide) groups is 1. The van der Waals surface area contributed by atoms with Crippen molar-refractivity contribution in [3.63, 3.8) is 0 Å². The Balaban J connectivity index is 1.90. The number of carbonyl (C=O) groups is 1. The monoisotopic (exact) mass is 370 g/mol. The van der Waals surface area contributed by atoms with Gasteiger partial charge in [-0.3, -0.25) is 19.8 Å². The molecule has 0 unspecified atom stereocenters. The number of hydrogen-bond acceptors (Lipinski definition) is 5. The predicted molar refractivity (Wildman–Crippen MR) is 105 cm³/mol. The highest BCUT2D eigenvalue weighted by atomic mass is 32.2. The van der Waals surface area contributed by atoms with Crippen LogP contribution >= 0.6 is 24.0 Å². The summed E-state index contributed by atoms with van der Waals surface area (Å²) in [6.45, 7) is 2.07. The third kappa shape index (κ3) is 3.62. The van der Waals surface area contributed by atoms with Crippen LogP contribution in [0.3, 0.4) is 0 Å². The summed E-state index contributed by atoms with van der Waals surface area (Å²) in [6, 6.07) is 13.8. The zero-order chi connectivity index (χ0) is 18.0. The van der Waals surface area contributed by atoms with Crippen molar-refractivity contribution in [1.29, 1.82) is 0 Å². The molecule has 1 heterocycles. The van der Waals surface area contributed by atoms with Gasteiger partial charge in [0.1, 0.15) is 0 Å². The molecule has 0 spiro atoms. The van der Waals surface area contributed by atoms with E-state index >= 15 is 0 Å². The summed E-state index contributed by atoms with van der Waals surface area (Å²) in [5.74, 6) is -0.217. The second-order valence-electron chi connectivity index (χ2n) is 5.39. The Morgan fingerprint density at radius 2 is 1.96 bits per heavy atom. The fourth-order valence-electron chi connectivity index (χ4n) is 2.45. The summed E-state index contributed by atoms with van der Waals surface area (Å²) >= 11 is 6.54. The zero-order valence-corrected chi connectivity index (χ0v) is 15.0. The van der Waals surface area contributed by atoms with Gasteiger partial charge in [-0.15, -0.1) is 0 Å². The minimum absolute atomic E-state index is 0.0145. The SMILES string of the molecule is CCc1ccc(N2C(=O)C(=Cc3cccc([N+](=O)[O-])c3)SC2=S)cc1. The highest BCUT2D eigenvalue weighted by Gasteiger charge is 2.33. The van der Waals surface area contributed by atoms with Crippen LogP contribution in [0, 0.1) is 10.1 Å². The minimum Gasteiger partial charge on any atom is -0.268 e. The Morgan fingerprint density at radius 1 is 1.24 bits per heavy atom. The molecule has 2 aromatic carbocycles. The largest absolute Gasteiger partial charge is 0.270 e. The zero-order valence-electron chi connectivity index (χ0n) is 13.3. The third-order valence-electron chi connectivity index (χ3n) is 3.78. The predicted octanol–water partition coefficient (Wildman–Crippen LogP) is 4.56. The van der Waals surface area contributed by atoms with Crippen molar-refractivity contribution in [2.75, 3.05) is 4.90 Å². The number of rotatable bonds is 4. The van der Waals surface area contributed by atoms with Gasteiger partial charge in [-0.05, 0) is 35.8 Å². The number of thiocarbonyl (C=S) groups is 1. The van der Waals surface area contributed by atoms with Gasteiger partial charge in [0.05, 0.1) is 15.5 Å². The van der Waals surface area contributed by atoms with Gasteiger partial charge in [0.15, 0.2) is 4.32 Å². The van der Waals surface area contributed by atoms with Crippen LogP contribution in [0.2, 0.25) is 0 Å². The van der Waals surface area contributed by atoms with Gasteiger partial charge in [0.25, 0.3) is 11.6 Å². The number of nitro benzene ring substituents is 1. The highest BCUT2D eigenvalue weighted by molar-refractivity contribution is 8.27. The lowest BCUT2D eigenvalue weighted by Crippen LogP contribution is -2.27. The van der Waals surface area contributed by atoms with E-state index in [1.165, 1.54) is 34.4 Å². The molecule has 0 atom stereocenters. The normalized spacial score (nSPS) is 15.9. The third-order valence-corrected chi connectivity index (χ3v) is 5.08. The van der Waals surface area contributed by atoms with Gasteiger partial charge < -0.3 is 0 Å². The Labute approximate surface area is 154 Å². The maximum absolute atomic E-state index is 12.7. The molecule has 0 saturated carbocycles. The maximum atomic E-state index is 12.7. The average Bonchev–Trinajstić information content (AvgIpc) is 2.89. The topological polar surface area (TPSA) is 63.5 Å². The summed E-state index contributed by atoms with van der Waals surface area (Å²) in [6.07, 6.45) is 2.55. The fraction of sp³-hybridized carbons (Fsp3) is 0.111. The van der Waals surface area contributed by atoms with Crippen LogP contribution in [0.15, 0.2) is 53.4 Å². The van der Waals surface area contributed by atoms with E-state index in [9.17, 15) is 14.9 Å². The number of non-ortho nitro benzene ring substituents is 1. The first-order valence-electron chi connectivity index (χ1n) is 7.61. The number of aryl methyl sites for hydroxylation is 1. The van der Waals surface area contributed by atoms with Crippen LogP contribution in [0.4, 0.5) is 11.4 Å². The second kappa shape index (κ2) is 7.16. The van der Waals surface area contributed by atoms with Crippen LogP contribution in [0.25, 0.3) is 6.08 Å². The summed E-state index contributed by atoms with van der Waals surface area (Å²) < 4.78 is 0.450. The lowest BCUT2D eigenvalue weighted by atomic mass is 10.1. The number of carbonyl (C=O) groups excluding carboxylic acids is 1. The van der Waals surface area contributed by atoms with E-state index in [0.29, 0.717) is 14.8 Å². The summed E-state index contributed by atoms with van der Waals surface area (Å²) in [5, 5.41) is 10.9. The number of hydrogen-bond donors (Lipinski definition) is 0. The average molecular weight is 370 g/mol. The molecule has 1 saturated heterocycles. The first kappa shape index (κ1) is 17.3. The van der Waals surface area contributed by atoms with Crippen molar-refractivity contribution in [2.45, 2.75) is 13.3 Å². The van der Waals surface area contributed by atoms with Gasteiger partial charge in [-0.2, -0.15) is 0 Å². The summed E-state index contributed by atoms with van der Waals surface area (Å²) in [7, 11) is 0. The molecule has 5 nitrogen and oxygen atoms in total. The van der Waals surface area contributed by atoms with Gasteiger partial charge in [0, 0.05) is 12.1 Å². The standard InChI is InChI=1S/C18H14N2O3S2/c1-2-12-6-8-14(9-7-12)19-17(21)16(25-18(19)24)11-13-4-3-5-15(10-13)20(22)23/h3-11H,2H2,1H3. The van der Waals surface area contributed by atoms with E-state index in [1.54, 1.807) is 18.2 Å². The van der Waals surface area contributed by atoms with Crippen LogP contribution in [0.5, 0.6) is 0 Å². The summed E-state index contributed by atoms with van der Waals surface area (Å²) in [4.78, 5) is 25.1. The first-order chi connectivity index (χ1) is 12.0. The molecule has 25 heavy (non-hydrogen) atoms. The van der Waals surface area contributed by atoms with Gasteiger partial charge >= 0.3 is 0 Å². The molecule has 0 radical (unpaired) electrons. The van der Waals surface area contributed by atoms with E-state index < -0.39 is 4.92 Å². The van der Waals surface area contributed by atoms with Crippen LogP contribution < -0.4 is 4.90 Å². The van der Waals surface area contributed by atoms with E-state index in [-0.39, 0.29) is 11.6 Å². The van der Waals surface area contributed by atoms with Crippen molar-refractivity contribution in [1.82, 2.24) is 0 Å². The van der Waals surface area contributed by atoms with Gasteiger partial charge in [0.2, 0.25) is 0 Å². The fourth-order valence-corrected chi connectivity index (χ4v) is 3.75. The smallest absolute Gasteiger partial charge is 0.268 e. The molecule has 3 rings (SSSR count). The number of nitro groups is 1. The lowest BCUT2D eigenvalue weighted by Gasteiger charge is -2.14. The number of benzene rings is 2. The number of amides is 1. The Bertz CT molecular complexity index is 891. The quantitative estimate of drug-likeness (QED) is 0.342. The molecule has 0 N–H and O–H groups in total. The molecule has 1 aliphatic heterocycles. The number of nitrogens with zero attached hydrogens (tertiary/aromatic N) is 2.